The van der Waals surface area contributed by atoms with Crippen molar-refractivity contribution in [3.05, 3.63) is 31.0 Å². The predicted octanol–water partition coefficient (Wildman–Crippen LogP) is 2.17. The summed E-state index contributed by atoms with van der Waals surface area (Å²) >= 11 is 0. The first-order valence-corrected chi connectivity index (χ1v) is 8.53. The number of fused-ring (bicyclic) bond motifs is 1. The highest BCUT2D eigenvalue weighted by Gasteiger charge is 2.40. The topological polar surface area (TPSA) is 58.9 Å². The summed E-state index contributed by atoms with van der Waals surface area (Å²) in [6.45, 7) is 3.29. The molecule has 0 unspecified atom stereocenters. The van der Waals surface area contributed by atoms with Crippen LogP contribution in [0, 0.1) is 17.8 Å². The second-order valence-corrected chi connectivity index (χ2v) is 6.87. The van der Waals surface area contributed by atoms with Gasteiger partial charge in [0.25, 0.3) is 0 Å². The molecule has 2 aromatic rings. The van der Waals surface area contributed by atoms with Gasteiger partial charge in [-0.25, -0.2) is 4.98 Å². The van der Waals surface area contributed by atoms with Crippen molar-refractivity contribution in [2.75, 3.05) is 29.9 Å². The van der Waals surface area contributed by atoms with Crippen LogP contribution in [0.1, 0.15) is 19.3 Å². The van der Waals surface area contributed by atoms with Crippen LogP contribution in [-0.4, -0.2) is 39.4 Å². The lowest BCUT2D eigenvalue weighted by Gasteiger charge is -2.33. The van der Waals surface area contributed by atoms with Gasteiger partial charge in [-0.05, 0) is 30.6 Å². The fraction of sp³-hybridized carbons (Fsp3) is 0.588. The van der Waals surface area contributed by atoms with E-state index in [0.29, 0.717) is 0 Å². The normalized spacial score (nSPS) is 27.0. The second kappa shape index (κ2) is 6.18. The summed E-state index contributed by atoms with van der Waals surface area (Å²) in [6, 6.07) is 0. The molecule has 1 aliphatic carbocycles. The minimum Gasteiger partial charge on any atom is -0.382 e. The quantitative estimate of drug-likeness (QED) is 0.937. The zero-order valence-electron chi connectivity index (χ0n) is 13.6. The minimum atomic E-state index is 0.732. The Kier molecular flexibility index (Phi) is 3.89. The average molecular weight is 312 g/mol. The van der Waals surface area contributed by atoms with Crippen LogP contribution in [0.25, 0.3) is 0 Å². The lowest BCUT2D eigenvalue weighted by atomic mass is 9.74. The van der Waals surface area contributed by atoms with Gasteiger partial charge in [0.15, 0.2) is 0 Å². The molecule has 0 amide bonds. The van der Waals surface area contributed by atoms with Crippen LogP contribution in [0.2, 0.25) is 0 Å². The maximum Gasteiger partial charge on any atom is 0.147 e. The van der Waals surface area contributed by atoms with Crippen molar-refractivity contribution in [1.29, 1.82) is 0 Å². The Balaban J connectivity index is 1.41. The van der Waals surface area contributed by atoms with Gasteiger partial charge in [-0.3, -0.25) is 9.67 Å². The van der Waals surface area contributed by atoms with Gasteiger partial charge in [0.1, 0.15) is 5.82 Å². The smallest absolute Gasteiger partial charge is 0.147 e. The van der Waals surface area contributed by atoms with E-state index < -0.39 is 0 Å². The van der Waals surface area contributed by atoms with Crippen molar-refractivity contribution in [2.45, 2.75) is 19.3 Å². The van der Waals surface area contributed by atoms with Crippen molar-refractivity contribution in [2.24, 2.45) is 24.8 Å². The zero-order valence-corrected chi connectivity index (χ0v) is 13.6. The van der Waals surface area contributed by atoms with Gasteiger partial charge in [0.2, 0.25) is 0 Å². The number of aryl methyl sites for hydroxylation is 1. The summed E-state index contributed by atoms with van der Waals surface area (Å²) in [5, 5.41) is 7.80. The van der Waals surface area contributed by atoms with Crippen LogP contribution in [-0.2, 0) is 7.05 Å². The molecule has 0 bridgehead atoms. The maximum absolute atomic E-state index is 4.48. The number of anilines is 2. The fourth-order valence-electron chi connectivity index (χ4n) is 4.25. The summed E-state index contributed by atoms with van der Waals surface area (Å²) in [5.74, 6) is 3.32. The standard InChI is InChI=1S/C17H24N6/c1-22-11-15(8-21-22)20-7-13-3-2-4-14-10-23(12-16(13)14)17-9-18-5-6-19-17/h5-6,8-9,11,13-14,16,20H,2-4,7,10,12H2,1H3/t13-,14+,16+/m0/s1. The van der Waals surface area contributed by atoms with E-state index in [-0.39, 0.29) is 0 Å². The van der Waals surface area contributed by atoms with Crippen LogP contribution in [0.5, 0.6) is 0 Å². The number of aromatic nitrogens is 4. The lowest BCUT2D eigenvalue weighted by molar-refractivity contribution is 0.209. The molecule has 0 spiro atoms. The van der Waals surface area contributed by atoms with Crippen LogP contribution >= 0.6 is 0 Å². The van der Waals surface area contributed by atoms with Crippen LogP contribution < -0.4 is 10.2 Å². The van der Waals surface area contributed by atoms with Gasteiger partial charge >= 0.3 is 0 Å². The Morgan fingerprint density at radius 2 is 2.17 bits per heavy atom. The number of hydrogen-bond donors (Lipinski definition) is 1. The van der Waals surface area contributed by atoms with Gasteiger partial charge < -0.3 is 10.2 Å². The summed E-state index contributed by atoms with van der Waals surface area (Å²) in [7, 11) is 1.96. The van der Waals surface area contributed by atoms with Gasteiger partial charge in [0, 0.05) is 45.3 Å². The fourth-order valence-corrected chi connectivity index (χ4v) is 4.25. The average Bonchev–Trinajstić information content (AvgIpc) is 3.20. The molecule has 6 heteroatoms. The Labute approximate surface area is 136 Å². The molecule has 6 nitrogen and oxygen atoms in total. The van der Waals surface area contributed by atoms with Crippen molar-refractivity contribution >= 4 is 11.5 Å². The first-order valence-electron chi connectivity index (χ1n) is 8.53. The third-order valence-electron chi connectivity index (χ3n) is 5.39. The number of nitrogens with one attached hydrogen (secondary N) is 1. The Morgan fingerprint density at radius 1 is 1.22 bits per heavy atom. The maximum atomic E-state index is 4.48. The molecule has 4 rings (SSSR count). The summed E-state index contributed by atoms with van der Waals surface area (Å²) in [6.07, 6.45) is 13.4. The van der Waals surface area contributed by atoms with Crippen molar-refractivity contribution in [1.82, 2.24) is 19.7 Å². The molecule has 122 valence electrons. The van der Waals surface area contributed by atoms with Crippen molar-refractivity contribution in [3.8, 4) is 0 Å². The Bertz CT molecular complexity index is 640. The molecular weight excluding hydrogens is 288 g/mol. The molecular formula is C17H24N6. The first kappa shape index (κ1) is 14.5. The predicted molar refractivity (Wildman–Crippen MR) is 90.3 cm³/mol. The Morgan fingerprint density at radius 3 is 2.96 bits per heavy atom. The molecule has 1 saturated heterocycles. The van der Waals surface area contributed by atoms with Crippen LogP contribution in [0.4, 0.5) is 11.5 Å². The molecule has 2 aliphatic rings. The van der Waals surface area contributed by atoms with Gasteiger partial charge in [-0.1, -0.05) is 6.42 Å². The highest BCUT2D eigenvalue weighted by atomic mass is 15.3. The highest BCUT2D eigenvalue weighted by Crippen LogP contribution is 2.41. The third kappa shape index (κ3) is 3.02. The molecule has 3 atom stereocenters. The van der Waals surface area contributed by atoms with Gasteiger partial charge in [0.05, 0.1) is 18.1 Å². The molecule has 1 N–H and O–H groups in total. The summed E-state index contributed by atoms with van der Waals surface area (Å²) < 4.78 is 1.84. The van der Waals surface area contributed by atoms with E-state index in [1.54, 1.807) is 12.4 Å². The molecule has 0 aromatic carbocycles. The highest BCUT2D eigenvalue weighted by molar-refractivity contribution is 5.39. The molecule has 23 heavy (non-hydrogen) atoms. The molecule has 2 aromatic heterocycles. The number of rotatable bonds is 4. The van der Waals surface area contributed by atoms with Crippen LogP contribution in [0.3, 0.4) is 0 Å². The van der Waals surface area contributed by atoms with Crippen molar-refractivity contribution in [3.63, 3.8) is 0 Å². The molecule has 1 aliphatic heterocycles. The lowest BCUT2D eigenvalue weighted by Crippen LogP contribution is -2.32. The zero-order chi connectivity index (χ0) is 15.6. The SMILES string of the molecule is Cn1cc(NC[C@@H]2CCC[C@@H]3CN(c4cnccn4)C[C@@H]32)cn1. The van der Waals surface area contributed by atoms with E-state index >= 15 is 0 Å². The number of hydrogen-bond acceptors (Lipinski definition) is 5. The summed E-state index contributed by atoms with van der Waals surface area (Å²) in [5.41, 5.74) is 1.12. The monoisotopic (exact) mass is 312 g/mol. The molecule has 2 fully saturated rings. The molecule has 1 saturated carbocycles. The van der Waals surface area contributed by atoms with Crippen molar-refractivity contribution < 1.29 is 0 Å². The molecule has 3 heterocycles. The van der Waals surface area contributed by atoms with E-state index in [2.05, 4.69) is 25.3 Å². The second-order valence-electron chi connectivity index (χ2n) is 6.87. The molecule has 0 radical (unpaired) electrons. The van der Waals surface area contributed by atoms with E-state index in [1.807, 2.05) is 30.3 Å². The Hall–Kier alpha value is -2.11. The van der Waals surface area contributed by atoms with E-state index in [1.165, 1.54) is 19.3 Å². The van der Waals surface area contributed by atoms with Gasteiger partial charge in [-0.15, -0.1) is 0 Å². The minimum absolute atomic E-state index is 0.732. The van der Waals surface area contributed by atoms with Crippen LogP contribution in [0.15, 0.2) is 31.0 Å². The van der Waals surface area contributed by atoms with Gasteiger partial charge in [-0.2, -0.15) is 5.10 Å². The first-order chi connectivity index (χ1) is 11.3. The van der Waals surface area contributed by atoms with E-state index in [4.69, 9.17) is 0 Å². The number of nitrogens with zero attached hydrogens (tertiary/aromatic N) is 5. The third-order valence-corrected chi connectivity index (χ3v) is 5.39. The largest absolute Gasteiger partial charge is 0.382 e. The van der Waals surface area contributed by atoms with E-state index in [0.717, 1.165) is 48.9 Å². The summed E-state index contributed by atoms with van der Waals surface area (Å²) in [4.78, 5) is 11.1. The van der Waals surface area contributed by atoms with E-state index in [9.17, 15) is 0 Å².